The monoisotopic (exact) mass is 896 g/mol. The zero-order valence-electron chi connectivity index (χ0n) is 41.4. The van der Waals surface area contributed by atoms with Gasteiger partial charge in [0.05, 0.1) is 25.4 Å². The Balaban J connectivity index is 1.91. The van der Waals surface area contributed by atoms with Gasteiger partial charge < -0.3 is 40.3 Å². The summed E-state index contributed by atoms with van der Waals surface area (Å²) in [6.07, 6.45) is 48.3. The number of hydrogen-bond acceptors (Lipinski definition) is 8. The number of hydrogen-bond donors (Lipinski definition) is 6. The number of aliphatic hydroxyl groups excluding tert-OH is 5. The van der Waals surface area contributed by atoms with Gasteiger partial charge in [-0.3, -0.25) is 4.79 Å². The first kappa shape index (κ1) is 59.9. The van der Waals surface area contributed by atoms with Crippen LogP contribution in [0.2, 0.25) is 0 Å². The number of amides is 1. The van der Waals surface area contributed by atoms with Gasteiger partial charge in [-0.2, -0.15) is 0 Å². The number of carbonyl (C=O) groups excluding carboxylic acids is 1. The van der Waals surface area contributed by atoms with E-state index in [0.717, 1.165) is 38.5 Å². The molecule has 1 aliphatic rings. The summed E-state index contributed by atoms with van der Waals surface area (Å²) in [6, 6.07) is -0.796. The molecule has 1 fully saturated rings. The lowest BCUT2D eigenvalue weighted by molar-refractivity contribution is -0.302. The summed E-state index contributed by atoms with van der Waals surface area (Å²) in [6.45, 7) is 3.64. The van der Waals surface area contributed by atoms with Crippen molar-refractivity contribution in [2.24, 2.45) is 0 Å². The van der Waals surface area contributed by atoms with E-state index in [1.165, 1.54) is 212 Å². The van der Waals surface area contributed by atoms with E-state index in [1.54, 1.807) is 6.08 Å². The molecule has 0 aliphatic carbocycles. The second-order valence-electron chi connectivity index (χ2n) is 19.4. The van der Waals surface area contributed by atoms with Crippen molar-refractivity contribution in [3.8, 4) is 0 Å². The van der Waals surface area contributed by atoms with E-state index in [9.17, 15) is 30.3 Å². The van der Waals surface area contributed by atoms with Crippen molar-refractivity contribution in [3.63, 3.8) is 0 Å². The van der Waals surface area contributed by atoms with Crippen molar-refractivity contribution in [1.82, 2.24) is 5.32 Å². The van der Waals surface area contributed by atoms with Crippen LogP contribution in [-0.4, -0.2) is 87.5 Å². The highest BCUT2D eigenvalue weighted by molar-refractivity contribution is 5.76. The molecule has 1 rings (SSSR count). The van der Waals surface area contributed by atoms with Gasteiger partial charge in [-0.25, -0.2) is 0 Å². The fourth-order valence-electron chi connectivity index (χ4n) is 8.97. The maximum absolute atomic E-state index is 12.8. The molecule has 0 spiro atoms. The Hall–Kier alpha value is -1.07. The third-order valence-corrected chi connectivity index (χ3v) is 13.4. The van der Waals surface area contributed by atoms with Crippen molar-refractivity contribution >= 4 is 5.91 Å². The summed E-state index contributed by atoms with van der Waals surface area (Å²) in [5, 5.41) is 53.6. The maximum atomic E-state index is 12.8. The van der Waals surface area contributed by atoms with E-state index in [1.807, 2.05) is 6.08 Å². The van der Waals surface area contributed by atoms with Crippen molar-refractivity contribution in [1.29, 1.82) is 0 Å². The third-order valence-electron chi connectivity index (χ3n) is 13.4. The van der Waals surface area contributed by atoms with Gasteiger partial charge >= 0.3 is 0 Å². The Labute approximate surface area is 388 Å². The second-order valence-corrected chi connectivity index (χ2v) is 19.4. The third kappa shape index (κ3) is 34.8. The van der Waals surface area contributed by atoms with Crippen LogP contribution < -0.4 is 5.32 Å². The fraction of sp³-hybridized carbons (Fsp3) is 0.944. The first-order valence-electron chi connectivity index (χ1n) is 27.4. The number of ether oxygens (including phenoxy) is 2. The van der Waals surface area contributed by atoms with Gasteiger partial charge in [-0.15, -0.1) is 0 Å². The van der Waals surface area contributed by atoms with Gasteiger partial charge in [0.1, 0.15) is 24.4 Å². The molecular weight excluding hydrogens is 791 g/mol. The van der Waals surface area contributed by atoms with Gasteiger partial charge in [-0.1, -0.05) is 264 Å². The summed E-state index contributed by atoms with van der Waals surface area (Å²) in [5.74, 6) is -0.181. The van der Waals surface area contributed by atoms with Crippen LogP contribution in [-0.2, 0) is 14.3 Å². The molecule has 9 nitrogen and oxygen atoms in total. The van der Waals surface area contributed by atoms with Crippen LogP contribution in [0, 0.1) is 0 Å². The lowest BCUT2D eigenvalue weighted by atomic mass is 9.99. The van der Waals surface area contributed by atoms with Gasteiger partial charge in [0.25, 0.3) is 0 Å². The van der Waals surface area contributed by atoms with Gasteiger partial charge in [0.15, 0.2) is 6.29 Å². The largest absolute Gasteiger partial charge is 0.394 e. The minimum absolute atomic E-state index is 0.181. The highest BCUT2D eigenvalue weighted by Gasteiger charge is 2.44. The zero-order valence-corrected chi connectivity index (χ0v) is 41.4. The lowest BCUT2D eigenvalue weighted by Gasteiger charge is -2.40. The molecule has 0 aromatic carbocycles. The quantitative estimate of drug-likeness (QED) is 0.0261. The molecule has 0 saturated carbocycles. The Morgan fingerprint density at radius 3 is 1.22 bits per heavy atom. The predicted octanol–water partition coefficient (Wildman–Crippen LogP) is 12.8. The number of unbranched alkanes of at least 4 members (excludes halogenated alkanes) is 37. The van der Waals surface area contributed by atoms with Crippen LogP contribution in [0.5, 0.6) is 0 Å². The number of rotatable bonds is 47. The fourth-order valence-corrected chi connectivity index (χ4v) is 8.97. The van der Waals surface area contributed by atoms with E-state index in [-0.39, 0.29) is 12.5 Å². The standard InChI is InChI=1S/C54H105NO8/c1-3-5-7-9-10-11-12-13-14-15-16-17-18-19-20-21-22-23-24-25-26-27-28-29-30-31-32-33-34-35-36-37-38-39-40-42-44-50(58)55-47(48(57)43-41-8-6-4-2)46-62-54-53(61)52(60)51(59)49(45-56)63-54/h41,43,47-49,51-54,56-57,59-61H,3-40,42,44-46H2,1-2H3,(H,55,58)/b43-41+. The van der Waals surface area contributed by atoms with Crippen LogP contribution in [0.25, 0.3) is 0 Å². The average molecular weight is 896 g/mol. The maximum Gasteiger partial charge on any atom is 0.220 e. The molecule has 9 heteroatoms. The smallest absolute Gasteiger partial charge is 0.220 e. The first-order valence-corrected chi connectivity index (χ1v) is 27.4. The second kappa shape index (κ2) is 44.7. The summed E-state index contributed by atoms with van der Waals surface area (Å²) in [4.78, 5) is 12.8. The van der Waals surface area contributed by atoms with E-state index in [2.05, 4.69) is 19.2 Å². The van der Waals surface area contributed by atoms with Crippen LogP contribution in [0.3, 0.4) is 0 Å². The molecule has 7 unspecified atom stereocenters. The normalized spacial score (nSPS) is 20.1. The SMILES string of the molecule is CCCC/C=C/C(O)C(COC1OC(CO)C(O)C(O)C1O)NC(=O)CCCCCCCCCCCCCCCCCCCCCCCCCCCCCCCCCCCCCC. The van der Waals surface area contributed by atoms with Gasteiger partial charge in [0.2, 0.25) is 5.91 Å². The molecule has 0 bridgehead atoms. The van der Waals surface area contributed by atoms with Crippen molar-refractivity contribution in [2.75, 3.05) is 13.2 Å². The summed E-state index contributed by atoms with van der Waals surface area (Å²) in [7, 11) is 0. The van der Waals surface area contributed by atoms with Crippen LogP contribution >= 0.6 is 0 Å². The molecule has 6 N–H and O–H groups in total. The molecule has 63 heavy (non-hydrogen) atoms. The van der Waals surface area contributed by atoms with Gasteiger partial charge in [0, 0.05) is 6.42 Å². The molecule has 7 atom stereocenters. The molecule has 0 radical (unpaired) electrons. The number of allylic oxidation sites excluding steroid dienone is 1. The minimum Gasteiger partial charge on any atom is -0.394 e. The molecular formula is C54H105NO8. The van der Waals surface area contributed by atoms with Crippen molar-refractivity contribution < 1.29 is 39.8 Å². The van der Waals surface area contributed by atoms with Crippen LogP contribution in [0.15, 0.2) is 12.2 Å². The molecule has 1 saturated heterocycles. The highest BCUT2D eigenvalue weighted by Crippen LogP contribution is 2.23. The number of nitrogens with one attached hydrogen (secondary N) is 1. The number of carbonyl (C=O) groups is 1. The lowest BCUT2D eigenvalue weighted by Crippen LogP contribution is -2.60. The molecule has 374 valence electrons. The van der Waals surface area contributed by atoms with E-state index in [4.69, 9.17) is 9.47 Å². The molecule has 1 heterocycles. The van der Waals surface area contributed by atoms with Crippen molar-refractivity contribution in [3.05, 3.63) is 12.2 Å². The Morgan fingerprint density at radius 1 is 0.524 bits per heavy atom. The van der Waals surface area contributed by atoms with E-state index in [0.29, 0.717) is 6.42 Å². The summed E-state index contributed by atoms with van der Waals surface area (Å²) in [5.41, 5.74) is 0. The highest BCUT2D eigenvalue weighted by atomic mass is 16.7. The number of aliphatic hydroxyl groups is 5. The molecule has 1 aliphatic heterocycles. The van der Waals surface area contributed by atoms with Crippen molar-refractivity contribution in [2.45, 2.75) is 314 Å². The van der Waals surface area contributed by atoms with Crippen LogP contribution in [0.4, 0.5) is 0 Å². The summed E-state index contributed by atoms with van der Waals surface area (Å²) >= 11 is 0. The topological polar surface area (TPSA) is 149 Å². The average Bonchev–Trinajstić information content (AvgIpc) is 3.28. The molecule has 0 aromatic heterocycles. The Morgan fingerprint density at radius 2 is 0.873 bits per heavy atom. The van der Waals surface area contributed by atoms with Crippen LogP contribution in [0.1, 0.15) is 271 Å². The Bertz CT molecular complexity index is 997. The van der Waals surface area contributed by atoms with E-state index < -0.39 is 49.5 Å². The molecule has 0 aromatic rings. The van der Waals surface area contributed by atoms with Gasteiger partial charge in [-0.05, 0) is 12.8 Å². The zero-order chi connectivity index (χ0) is 45.9. The van der Waals surface area contributed by atoms with E-state index >= 15 is 0 Å². The molecule has 1 amide bonds. The Kier molecular flexibility index (Phi) is 42.6. The minimum atomic E-state index is -1.56. The first-order chi connectivity index (χ1) is 30.8. The predicted molar refractivity (Wildman–Crippen MR) is 263 cm³/mol. The summed E-state index contributed by atoms with van der Waals surface area (Å²) < 4.78 is 11.1.